The number of carbonyl (C=O) groups excluding carboxylic acids is 1. The SMILES string of the molecule is Cc1c(C(=O)Nc2ccc(F)c(F)c2F)sc2nc(CN(C)C)[nH]c(=O)c12. The van der Waals surface area contributed by atoms with Crippen LogP contribution in [0.3, 0.4) is 0 Å². The number of rotatable bonds is 4. The molecule has 2 heterocycles. The van der Waals surface area contributed by atoms with E-state index in [9.17, 15) is 22.8 Å². The zero-order valence-electron chi connectivity index (χ0n) is 14.6. The third-order valence-corrected chi connectivity index (χ3v) is 4.99. The molecule has 0 saturated carbocycles. The molecule has 1 amide bonds. The van der Waals surface area contributed by atoms with Gasteiger partial charge in [0.25, 0.3) is 11.5 Å². The first-order valence-corrected chi connectivity index (χ1v) is 8.62. The minimum Gasteiger partial charge on any atom is -0.319 e. The molecule has 0 unspecified atom stereocenters. The molecule has 0 saturated heterocycles. The van der Waals surface area contributed by atoms with E-state index in [1.807, 2.05) is 19.0 Å². The van der Waals surface area contributed by atoms with Crippen LogP contribution < -0.4 is 10.9 Å². The lowest BCUT2D eigenvalue weighted by molar-refractivity contribution is 0.102. The highest BCUT2D eigenvalue weighted by atomic mass is 32.1. The van der Waals surface area contributed by atoms with Crippen LogP contribution in [-0.4, -0.2) is 34.9 Å². The molecule has 2 N–H and O–H groups in total. The van der Waals surface area contributed by atoms with Crippen molar-refractivity contribution in [3.63, 3.8) is 0 Å². The Morgan fingerprint density at radius 3 is 2.63 bits per heavy atom. The van der Waals surface area contributed by atoms with E-state index in [4.69, 9.17) is 0 Å². The molecule has 0 atom stereocenters. The zero-order chi connectivity index (χ0) is 19.9. The summed E-state index contributed by atoms with van der Waals surface area (Å²) < 4.78 is 40.1. The van der Waals surface area contributed by atoms with Gasteiger partial charge >= 0.3 is 0 Å². The number of aromatic amines is 1. The fourth-order valence-corrected chi connectivity index (χ4v) is 3.68. The monoisotopic (exact) mass is 396 g/mol. The minimum absolute atomic E-state index is 0.133. The van der Waals surface area contributed by atoms with Gasteiger partial charge in [0.2, 0.25) is 0 Å². The number of halogens is 3. The number of nitrogens with zero attached hydrogens (tertiary/aromatic N) is 2. The lowest BCUT2D eigenvalue weighted by Crippen LogP contribution is -2.18. The number of anilines is 1. The molecular weight excluding hydrogens is 381 g/mol. The van der Waals surface area contributed by atoms with Crippen LogP contribution in [0.15, 0.2) is 16.9 Å². The average Bonchev–Trinajstić information content (AvgIpc) is 2.92. The molecular formula is C17H15F3N4O2S. The van der Waals surface area contributed by atoms with E-state index in [1.165, 1.54) is 0 Å². The van der Waals surface area contributed by atoms with E-state index in [0.717, 1.165) is 17.4 Å². The normalized spacial score (nSPS) is 11.4. The Bertz CT molecular complexity index is 1110. The van der Waals surface area contributed by atoms with Gasteiger partial charge < -0.3 is 15.2 Å². The maximum Gasteiger partial charge on any atom is 0.266 e. The van der Waals surface area contributed by atoms with E-state index in [0.29, 0.717) is 28.8 Å². The van der Waals surface area contributed by atoms with Crippen LogP contribution in [0.25, 0.3) is 10.2 Å². The number of amides is 1. The Balaban J connectivity index is 2.00. The molecule has 0 aliphatic rings. The Morgan fingerprint density at radius 1 is 1.26 bits per heavy atom. The van der Waals surface area contributed by atoms with Gasteiger partial charge in [-0.2, -0.15) is 0 Å². The first kappa shape index (κ1) is 19.1. The summed E-state index contributed by atoms with van der Waals surface area (Å²) in [5, 5.41) is 2.47. The topological polar surface area (TPSA) is 78.1 Å². The first-order chi connectivity index (χ1) is 12.7. The first-order valence-electron chi connectivity index (χ1n) is 7.81. The summed E-state index contributed by atoms with van der Waals surface area (Å²) in [6.07, 6.45) is 0. The summed E-state index contributed by atoms with van der Waals surface area (Å²) in [5.41, 5.74) is -0.504. The molecule has 3 aromatic rings. The highest BCUT2D eigenvalue weighted by Crippen LogP contribution is 2.28. The molecule has 10 heteroatoms. The van der Waals surface area contributed by atoms with Crippen molar-refractivity contribution in [2.45, 2.75) is 13.5 Å². The summed E-state index contributed by atoms with van der Waals surface area (Å²) in [4.78, 5) is 34.2. The Kier molecular flexibility index (Phi) is 5.03. The van der Waals surface area contributed by atoms with E-state index in [1.54, 1.807) is 6.92 Å². The highest BCUT2D eigenvalue weighted by Gasteiger charge is 2.22. The Labute approximate surface area is 155 Å². The lowest BCUT2D eigenvalue weighted by atomic mass is 10.2. The second-order valence-corrected chi connectivity index (χ2v) is 7.16. The number of aromatic nitrogens is 2. The van der Waals surface area contributed by atoms with Crippen molar-refractivity contribution in [3.8, 4) is 0 Å². The number of hydrogen-bond acceptors (Lipinski definition) is 5. The standard InChI is InChI=1S/C17H15F3N4O2S/c1-7-11-15(25)22-10(6-24(2)3)23-17(11)27-14(7)16(26)21-9-5-4-8(18)12(19)13(9)20/h4-5H,6H2,1-3H3,(H,21,26)(H,22,23,25). The van der Waals surface area contributed by atoms with E-state index in [-0.39, 0.29) is 15.8 Å². The van der Waals surface area contributed by atoms with Gasteiger partial charge in [0, 0.05) is 0 Å². The van der Waals surface area contributed by atoms with Crippen molar-refractivity contribution in [2.24, 2.45) is 0 Å². The number of benzene rings is 1. The average molecular weight is 396 g/mol. The van der Waals surface area contributed by atoms with Gasteiger partial charge in [-0.05, 0) is 38.7 Å². The van der Waals surface area contributed by atoms with Gasteiger partial charge in [-0.1, -0.05) is 0 Å². The third kappa shape index (κ3) is 3.58. The number of H-pyrrole nitrogens is 1. The predicted molar refractivity (Wildman–Crippen MR) is 96.6 cm³/mol. The Morgan fingerprint density at radius 2 is 1.96 bits per heavy atom. The molecule has 0 aliphatic carbocycles. The van der Waals surface area contributed by atoms with Gasteiger partial charge in [-0.15, -0.1) is 11.3 Å². The summed E-state index contributed by atoms with van der Waals surface area (Å²) >= 11 is 0.968. The van der Waals surface area contributed by atoms with Gasteiger partial charge in [0.15, 0.2) is 17.5 Å². The molecule has 142 valence electrons. The molecule has 1 aromatic carbocycles. The van der Waals surface area contributed by atoms with Crippen LogP contribution in [0.2, 0.25) is 0 Å². The van der Waals surface area contributed by atoms with Gasteiger partial charge in [0.05, 0.1) is 22.5 Å². The molecule has 0 fully saturated rings. The smallest absolute Gasteiger partial charge is 0.266 e. The Hall–Kier alpha value is -2.72. The molecule has 27 heavy (non-hydrogen) atoms. The van der Waals surface area contributed by atoms with Gasteiger partial charge in [-0.3, -0.25) is 9.59 Å². The number of aryl methyl sites for hydroxylation is 1. The van der Waals surface area contributed by atoms with Crippen LogP contribution in [0.4, 0.5) is 18.9 Å². The fraction of sp³-hybridized carbons (Fsp3) is 0.235. The maximum absolute atomic E-state index is 13.8. The van der Waals surface area contributed by atoms with E-state index in [2.05, 4.69) is 15.3 Å². The number of nitrogens with one attached hydrogen (secondary N) is 2. The molecule has 0 aliphatic heterocycles. The van der Waals surface area contributed by atoms with Crippen molar-refractivity contribution in [1.82, 2.24) is 14.9 Å². The summed E-state index contributed by atoms with van der Waals surface area (Å²) in [5.74, 6) is -4.82. The van der Waals surface area contributed by atoms with Crippen molar-refractivity contribution in [3.05, 3.63) is 56.2 Å². The molecule has 0 radical (unpaired) electrons. The number of hydrogen-bond donors (Lipinski definition) is 2. The summed E-state index contributed by atoms with van der Waals surface area (Å²) in [6.45, 7) is 1.97. The summed E-state index contributed by atoms with van der Waals surface area (Å²) in [6, 6.07) is 1.64. The molecule has 0 bridgehead atoms. The van der Waals surface area contributed by atoms with Crippen LogP contribution in [0.5, 0.6) is 0 Å². The van der Waals surface area contributed by atoms with Crippen molar-refractivity contribution < 1.29 is 18.0 Å². The second-order valence-electron chi connectivity index (χ2n) is 6.16. The van der Waals surface area contributed by atoms with E-state index >= 15 is 0 Å². The highest BCUT2D eigenvalue weighted by molar-refractivity contribution is 7.20. The van der Waals surface area contributed by atoms with Crippen molar-refractivity contribution >= 4 is 33.1 Å². The molecule has 3 rings (SSSR count). The van der Waals surface area contributed by atoms with Crippen molar-refractivity contribution in [1.29, 1.82) is 0 Å². The summed E-state index contributed by atoms with van der Waals surface area (Å²) in [7, 11) is 3.64. The van der Waals surface area contributed by atoms with Crippen LogP contribution >= 0.6 is 11.3 Å². The second kappa shape index (κ2) is 7.12. The number of fused-ring (bicyclic) bond motifs is 1. The van der Waals surface area contributed by atoms with Crippen LogP contribution in [0, 0.1) is 24.4 Å². The minimum atomic E-state index is -1.67. The number of carbonyl (C=O) groups is 1. The largest absolute Gasteiger partial charge is 0.319 e. The maximum atomic E-state index is 13.8. The molecule has 0 spiro atoms. The predicted octanol–water partition coefficient (Wildman–Crippen LogP) is 3.02. The van der Waals surface area contributed by atoms with Gasteiger partial charge in [-0.25, -0.2) is 18.2 Å². The number of thiophene rings is 1. The third-order valence-electron chi connectivity index (χ3n) is 3.81. The van der Waals surface area contributed by atoms with Crippen LogP contribution in [0.1, 0.15) is 21.1 Å². The van der Waals surface area contributed by atoms with Gasteiger partial charge in [0.1, 0.15) is 10.7 Å². The molecule has 2 aromatic heterocycles. The van der Waals surface area contributed by atoms with Crippen LogP contribution in [-0.2, 0) is 6.54 Å². The van der Waals surface area contributed by atoms with Crippen molar-refractivity contribution in [2.75, 3.05) is 19.4 Å². The van der Waals surface area contributed by atoms with E-state index < -0.39 is 29.0 Å². The fourth-order valence-electron chi connectivity index (χ4n) is 2.58. The zero-order valence-corrected chi connectivity index (χ0v) is 15.4. The lowest BCUT2D eigenvalue weighted by Gasteiger charge is -2.07. The molecule has 6 nitrogen and oxygen atoms in total. The quantitative estimate of drug-likeness (QED) is 0.665.